The van der Waals surface area contributed by atoms with Crippen molar-refractivity contribution >= 4 is 5.97 Å². The summed E-state index contributed by atoms with van der Waals surface area (Å²) < 4.78 is 0. The van der Waals surface area contributed by atoms with Crippen LogP contribution in [0.3, 0.4) is 0 Å². The van der Waals surface area contributed by atoms with E-state index in [1.54, 1.807) is 11.2 Å². The predicted octanol–water partition coefficient (Wildman–Crippen LogP) is -0.390. The van der Waals surface area contributed by atoms with Gasteiger partial charge < -0.3 is 5.11 Å². The molecule has 0 bridgehead atoms. The lowest BCUT2D eigenvalue weighted by atomic mass is 10.1. The quantitative estimate of drug-likeness (QED) is 0.514. The van der Waals surface area contributed by atoms with Crippen LogP contribution in [0.25, 0.3) is 0 Å². The molecule has 5 nitrogen and oxygen atoms in total. The van der Waals surface area contributed by atoms with Crippen molar-refractivity contribution in [2.24, 2.45) is 0 Å². The van der Waals surface area contributed by atoms with Crippen molar-refractivity contribution in [3.63, 3.8) is 0 Å². The molecule has 1 saturated heterocycles. The first-order valence-electron chi connectivity index (χ1n) is 4.14. The molecule has 70 valence electrons. The van der Waals surface area contributed by atoms with Crippen LogP contribution in [0.2, 0.25) is 0 Å². The minimum Gasteiger partial charge on any atom is -0.478 e. The third-order valence-electron chi connectivity index (χ3n) is 2.11. The molecule has 0 radical (unpaired) electrons. The average Bonchev–Trinajstić information content (AvgIpc) is 2.17. The van der Waals surface area contributed by atoms with Gasteiger partial charge in [0, 0.05) is 24.9 Å². The first-order valence-corrected chi connectivity index (χ1v) is 4.14. The van der Waals surface area contributed by atoms with Gasteiger partial charge in [-0.3, -0.25) is 10.3 Å². The summed E-state index contributed by atoms with van der Waals surface area (Å²) in [4.78, 5) is 10.7. The van der Waals surface area contributed by atoms with E-state index in [2.05, 4.69) is 10.7 Å². The van der Waals surface area contributed by atoms with Crippen LogP contribution in [0.15, 0.2) is 23.5 Å². The third kappa shape index (κ3) is 1.56. The Balaban J connectivity index is 2.16. The number of hydrazine groups is 1. The molecule has 5 heteroatoms. The van der Waals surface area contributed by atoms with Crippen LogP contribution in [-0.2, 0) is 4.79 Å². The first kappa shape index (κ1) is 8.28. The smallest absolute Gasteiger partial charge is 0.333 e. The summed E-state index contributed by atoms with van der Waals surface area (Å²) in [6, 6.07) is 0. The lowest BCUT2D eigenvalue weighted by Gasteiger charge is -2.32. The van der Waals surface area contributed by atoms with Crippen molar-refractivity contribution in [2.75, 3.05) is 13.2 Å². The first-order chi connectivity index (χ1) is 6.27. The van der Waals surface area contributed by atoms with Crippen molar-refractivity contribution in [3.8, 4) is 0 Å². The zero-order chi connectivity index (χ0) is 9.26. The van der Waals surface area contributed by atoms with Crippen molar-refractivity contribution in [3.05, 3.63) is 23.5 Å². The van der Waals surface area contributed by atoms with Gasteiger partial charge in [-0.1, -0.05) is 6.08 Å². The number of hydrogen-bond donors (Lipinski definition) is 3. The van der Waals surface area contributed by atoms with Gasteiger partial charge in [-0.2, -0.15) is 0 Å². The van der Waals surface area contributed by atoms with E-state index in [-0.39, 0.29) is 0 Å². The van der Waals surface area contributed by atoms with E-state index in [4.69, 9.17) is 5.11 Å². The number of allylic oxidation sites excluding steroid dienone is 1. The Morgan fingerprint density at radius 3 is 3.23 bits per heavy atom. The standard InChI is InChI=1S/C8H11N3O2/c12-8(13)6-1-2-7-3-9-5-10-11(7)4-6/h2,4,9-10H,1,3,5H2,(H,12,13). The summed E-state index contributed by atoms with van der Waals surface area (Å²) in [5.41, 5.74) is 4.51. The Kier molecular flexibility index (Phi) is 2.03. The van der Waals surface area contributed by atoms with Crippen LogP contribution >= 0.6 is 0 Å². The van der Waals surface area contributed by atoms with E-state index in [0.717, 1.165) is 12.2 Å². The molecule has 0 saturated carbocycles. The van der Waals surface area contributed by atoms with E-state index in [1.165, 1.54) is 0 Å². The molecule has 1 fully saturated rings. The van der Waals surface area contributed by atoms with E-state index < -0.39 is 5.97 Å². The molecule has 3 N–H and O–H groups in total. The molecule has 13 heavy (non-hydrogen) atoms. The number of aliphatic carboxylic acids is 1. The number of hydrogen-bond acceptors (Lipinski definition) is 4. The SMILES string of the molecule is O=C(O)C1=CN2NCNCC2=CC1. The lowest BCUT2D eigenvalue weighted by Crippen LogP contribution is -2.49. The van der Waals surface area contributed by atoms with Gasteiger partial charge in [-0.25, -0.2) is 10.2 Å². The van der Waals surface area contributed by atoms with Gasteiger partial charge in [0.2, 0.25) is 0 Å². The molecular formula is C8H11N3O2. The minimum absolute atomic E-state index is 0.415. The van der Waals surface area contributed by atoms with Crippen molar-refractivity contribution < 1.29 is 9.90 Å². The molecule has 2 aliphatic heterocycles. The lowest BCUT2D eigenvalue weighted by molar-refractivity contribution is -0.132. The van der Waals surface area contributed by atoms with Gasteiger partial charge in [0.05, 0.1) is 12.2 Å². The Hall–Kier alpha value is -1.33. The number of fused-ring (bicyclic) bond motifs is 1. The molecule has 0 unspecified atom stereocenters. The van der Waals surface area contributed by atoms with Crippen LogP contribution in [0.5, 0.6) is 0 Å². The number of rotatable bonds is 1. The Morgan fingerprint density at radius 2 is 2.46 bits per heavy atom. The maximum Gasteiger partial charge on any atom is 0.333 e. The van der Waals surface area contributed by atoms with Gasteiger partial charge >= 0.3 is 5.97 Å². The summed E-state index contributed by atoms with van der Waals surface area (Å²) in [6.07, 6.45) is 4.06. The molecule has 0 spiro atoms. The predicted molar refractivity (Wildman–Crippen MR) is 46.3 cm³/mol. The number of nitrogens with one attached hydrogen (secondary N) is 2. The summed E-state index contributed by atoms with van der Waals surface area (Å²) in [5, 5.41) is 13.7. The molecular weight excluding hydrogens is 170 g/mol. The molecule has 0 amide bonds. The molecule has 0 aromatic heterocycles. The monoisotopic (exact) mass is 181 g/mol. The van der Waals surface area contributed by atoms with Crippen LogP contribution in [-0.4, -0.2) is 29.3 Å². The van der Waals surface area contributed by atoms with E-state index >= 15 is 0 Å². The minimum atomic E-state index is -0.851. The molecule has 0 atom stereocenters. The molecule has 0 aliphatic carbocycles. The Bertz CT molecular complexity index is 296. The molecule has 2 rings (SSSR count). The van der Waals surface area contributed by atoms with Crippen LogP contribution < -0.4 is 10.7 Å². The second kappa shape index (κ2) is 3.20. The zero-order valence-electron chi connectivity index (χ0n) is 7.08. The normalized spacial score (nSPS) is 21.7. The highest BCUT2D eigenvalue weighted by Crippen LogP contribution is 2.17. The van der Waals surface area contributed by atoms with Crippen molar-refractivity contribution in [2.45, 2.75) is 6.42 Å². The maximum absolute atomic E-state index is 10.7. The maximum atomic E-state index is 10.7. The topological polar surface area (TPSA) is 64.6 Å². The summed E-state index contributed by atoms with van der Waals surface area (Å²) in [5.74, 6) is -0.851. The van der Waals surface area contributed by atoms with Gasteiger partial charge in [-0.05, 0) is 0 Å². The van der Waals surface area contributed by atoms with Crippen LogP contribution in [0.1, 0.15) is 6.42 Å². The van der Waals surface area contributed by atoms with E-state index in [9.17, 15) is 4.79 Å². The summed E-state index contributed by atoms with van der Waals surface area (Å²) in [6.45, 7) is 1.46. The number of carboxylic acids is 1. The van der Waals surface area contributed by atoms with E-state index in [1.807, 2.05) is 6.08 Å². The summed E-state index contributed by atoms with van der Waals surface area (Å²) in [7, 11) is 0. The number of carbonyl (C=O) groups is 1. The molecule has 2 aliphatic rings. The highest BCUT2D eigenvalue weighted by Gasteiger charge is 2.19. The van der Waals surface area contributed by atoms with Gasteiger partial charge in [0.15, 0.2) is 0 Å². The third-order valence-corrected chi connectivity index (χ3v) is 2.11. The molecule has 0 aromatic carbocycles. The molecule has 2 heterocycles. The van der Waals surface area contributed by atoms with Gasteiger partial charge in [0.1, 0.15) is 0 Å². The second-order valence-electron chi connectivity index (χ2n) is 2.99. The zero-order valence-corrected chi connectivity index (χ0v) is 7.08. The fourth-order valence-electron chi connectivity index (χ4n) is 1.40. The van der Waals surface area contributed by atoms with Crippen molar-refractivity contribution in [1.29, 1.82) is 0 Å². The van der Waals surface area contributed by atoms with Crippen LogP contribution in [0.4, 0.5) is 0 Å². The van der Waals surface area contributed by atoms with Gasteiger partial charge in [-0.15, -0.1) is 0 Å². The molecule has 0 aromatic rings. The average molecular weight is 181 g/mol. The highest BCUT2D eigenvalue weighted by atomic mass is 16.4. The fourth-order valence-corrected chi connectivity index (χ4v) is 1.40. The Labute approximate surface area is 75.7 Å². The van der Waals surface area contributed by atoms with Gasteiger partial charge in [0.25, 0.3) is 0 Å². The Morgan fingerprint density at radius 1 is 1.62 bits per heavy atom. The fraction of sp³-hybridized carbons (Fsp3) is 0.375. The van der Waals surface area contributed by atoms with Crippen LogP contribution in [0, 0.1) is 0 Å². The van der Waals surface area contributed by atoms with Crippen molar-refractivity contribution in [1.82, 2.24) is 15.8 Å². The highest BCUT2D eigenvalue weighted by molar-refractivity contribution is 5.87. The second-order valence-corrected chi connectivity index (χ2v) is 2.99. The van der Waals surface area contributed by atoms with E-state index in [0.29, 0.717) is 18.7 Å². The summed E-state index contributed by atoms with van der Waals surface area (Å²) >= 11 is 0. The number of nitrogens with zero attached hydrogens (tertiary/aromatic N) is 1. The largest absolute Gasteiger partial charge is 0.478 e. The number of carboxylic acid groups (broad SMARTS) is 1.